The van der Waals surface area contributed by atoms with Gasteiger partial charge in [0.15, 0.2) is 0 Å². The van der Waals surface area contributed by atoms with Crippen LogP contribution >= 0.6 is 11.8 Å². The Balaban J connectivity index is 4.03. The van der Waals surface area contributed by atoms with Crippen molar-refractivity contribution < 1.29 is 9.59 Å². The molecule has 0 saturated carbocycles. The third-order valence-electron chi connectivity index (χ3n) is 1.77. The van der Waals surface area contributed by atoms with Crippen LogP contribution < -0.4 is 0 Å². The number of Topliss-reactive ketones (excluding diaryl/α,β-unsaturated/α-hetero) is 2. The third-order valence-corrected chi connectivity index (χ3v) is 2.84. The molecule has 0 aliphatic rings. The predicted molar refractivity (Wildman–Crippen MR) is 52.4 cm³/mol. The highest BCUT2D eigenvalue weighted by molar-refractivity contribution is 7.99. The Hall–Kier alpha value is -0.310. The molecular weight excluding hydrogens is 172 g/mol. The van der Waals surface area contributed by atoms with E-state index in [-0.39, 0.29) is 22.7 Å². The molecule has 1 unspecified atom stereocenters. The van der Waals surface area contributed by atoms with Crippen LogP contribution in [0.3, 0.4) is 0 Å². The van der Waals surface area contributed by atoms with E-state index in [0.29, 0.717) is 6.42 Å². The fourth-order valence-corrected chi connectivity index (χ4v) is 1.47. The van der Waals surface area contributed by atoms with Crippen molar-refractivity contribution in [3.05, 3.63) is 0 Å². The van der Waals surface area contributed by atoms with Gasteiger partial charge in [0.2, 0.25) is 0 Å². The molecule has 0 aromatic heterocycles. The van der Waals surface area contributed by atoms with E-state index >= 15 is 0 Å². The number of carbonyl (C=O) groups is 2. The van der Waals surface area contributed by atoms with Crippen molar-refractivity contribution in [2.45, 2.75) is 32.4 Å². The average molecular weight is 188 g/mol. The fourth-order valence-electron chi connectivity index (χ4n) is 0.811. The van der Waals surface area contributed by atoms with Crippen molar-refractivity contribution in [2.24, 2.45) is 5.92 Å². The van der Waals surface area contributed by atoms with Crippen LogP contribution in [-0.2, 0) is 9.59 Å². The van der Waals surface area contributed by atoms with Gasteiger partial charge in [-0.15, -0.1) is 0 Å². The minimum atomic E-state index is -0.139. The average Bonchev–Trinajstić information content (AvgIpc) is 1.98. The Bertz CT molecular complexity index is 175. The second-order valence-electron chi connectivity index (χ2n) is 3.16. The molecule has 12 heavy (non-hydrogen) atoms. The minimum Gasteiger partial charge on any atom is -0.299 e. The molecule has 0 radical (unpaired) electrons. The van der Waals surface area contributed by atoms with Crippen LogP contribution in [0.5, 0.6) is 0 Å². The van der Waals surface area contributed by atoms with Gasteiger partial charge in [0.25, 0.3) is 0 Å². The molecule has 0 aromatic carbocycles. The van der Waals surface area contributed by atoms with E-state index < -0.39 is 0 Å². The molecule has 0 aliphatic heterocycles. The van der Waals surface area contributed by atoms with Crippen LogP contribution in [0.2, 0.25) is 0 Å². The van der Waals surface area contributed by atoms with Crippen molar-refractivity contribution in [1.29, 1.82) is 0 Å². The minimum absolute atomic E-state index is 0.0407. The number of hydrogen-bond acceptors (Lipinski definition) is 3. The van der Waals surface area contributed by atoms with Crippen LogP contribution in [0.1, 0.15) is 27.2 Å². The van der Waals surface area contributed by atoms with Crippen LogP contribution in [0.15, 0.2) is 0 Å². The maximum Gasteiger partial charge on any atom is 0.143 e. The van der Waals surface area contributed by atoms with Gasteiger partial charge < -0.3 is 0 Å². The van der Waals surface area contributed by atoms with Gasteiger partial charge in [0.1, 0.15) is 11.6 Å². The number of carbonyl (C=O) groups excluding carboxylic acids is 2. The lowest BCUT2D eigenvalue weighted by Gasteiger charge is -2.10. The van der Waals surface area contributed by atoms with E-state index in [9.17, 15) is 9.59 Å². The lowest BCUT2D eigenvalue weighted by molar-refractivity contribution is -0.124. The predicted octanol–water partition coefficient (Wildman–Crippen LogP) is 1.92. The molecule has 0 heterocycles. The van der Waals surface area contributed by atoms with Crippen molar-refractivity contribution >= 4 is 23.3 Å². The number of hydrogen-bond donors (Lipinski definition) is 0. The van der Waals surface area contributed by atoms with Gasteiger partial charge in [0, 0.05) is 12.3 Å². The molecule has 0 fully saturated rings. The Kier molecular flexibility index (Phi) is 5.22. The normalized spacial score (nSPS) is 13.1. The maximum atomic E-state index is 11.3. The topological polar surface area (TPSA) is 34.1 Å². The summed E-state index contributed by atoms with van der Waals surface area (Å²) in [5, 5.41) is -0.139. The van der Waals surface area contributed by atoms with Gasteiger partial charge in [-0.05, 0) is 13.2 Å². The molecule has 0 amide bonds. The second kappa shape index (κ2) is 5.36. The summed E-state index contributed by atoms with van der Waals surface area (Å²) in [5.41, 5.74) is 0. The highest BCUT2D eigenvalue weighted by Crippen LogP contribution is 2.14. The van der Waals surface area contributed by atoms with Crippen molar-refractivity contribution in [3.8, 4) is 0 Å². The SMILES string of the molecule is CSC(CC(=O)C(C)C)C(C)=O. The van der Waals surface area contributed by atoms with Crippen molar-refractivity contribution in [2.75, 3.05) is 6.26 Å². The molecule has 2 nitrogen and oxygen atoms in total. The first-order valence-electron chi connectivity index (χ1n) is 4.05. The molecular formula is C9H16O2S. The zero-order chi connectivity index (χ0) is 9.72. The van der Waals surface area contributed by atoms with Gasteiger partial charge >= 0.3 is 0 Å². The van der Waals surface area contributed by atoms with Gasteiger partial charge in [0.05, 0.1) is 5.25 Å². The molecule has 0 N–H and O–H groups in total. The summed E-state index contributed by atoms with van der Waals surface area (Å²) in [5.74, 6) is 0.306. The van der Waals surface area contributed by atoms with Gasteiger partial charge in [-0.3, -0.25) is 9.59 Å². The molecule has 0 saturated heterocycles. The molecule has 0 spiro atoms. The zero-order valence-corrected chi connectivity index (χ0v) is 8.90. The number of thioether (sulfide) groups is 1. The van der Waals surface area contributed by atoms with Crippen molar-refractivity contribution in [1.82, 2.24) is 0 Å². The largest absolute Gasteiger partial charge is 0.299 e. The summed E-state index contributed by atoms with van der Waals surface area (Å²) in [6.07, 6.45) is 2.24. The lowest BCUT2D eigenvalue weighted by atomic mass is 10.0. The quantitative estimate of drug-likeness (QED) is 0.661. The summed E-state index contributed by atoms with van der Waals surface area (Å²) in [7, 11) is 0. The van der Waals surface area contributed by atoms with E-state index in [0.717, 1.165) is 0 Å². The van der Waals surface area contributed by atoms with Gasteiger partial charge in [-0.25, -0.2) is 0 Å². The van der Waals surface area contributed by atoms with Crippen molar-refractivity contribution in [3.63, 3.8) is 0 Å². The first-order valence-corrected chi connectivity index (χ1v) is 5.33. The van der Waals surface area contributed by atoms with Crippen LogP contribution in [-0.4, -0.2) is 23.1 Å². The Morgan fingerprint density at radius 3 is 2.08 bits per heavy atom. The molecule has 0 bridgehead atoms. The summed E-state index contributed by atoms with van der Waals surface area (Å²) < 4.78 is 0. The Morgan fingerprint density at radius 1 is 1.33 bits per heavy atom. The first-order chi connectivity index (χ1) is 5.49. The summed E-state index contributed by atoms with van der Waals surface area (Å²) in [6.45, 7) is 5.26. The van der Waals surface area contributed by atoms with Crippen LogP contribution in [0.4, 0.5) is 0 Å². The van der Waals surface area contributed by atoms with Gasteiger partial charge in [-0.1, -0.05) is 13.8 Å². The second-order valence-corrected chi connectivity index (χ2v) is 4.20. The fraction of sp³-hybridized carbons (Fsp3) is 0.778. The van der Waals surface area contributed by atoms with Gasteiger partial charge in [-0.2, -0.15) is 11.8 Å². The molecule has 0 rings (SSSR count). The van der Waals surface area contributed by atoms with E-state index in [1.54, 1.807) is 0 Å². The standard InChI is InChI=1S/C9H16O2S/c1-6(2)8(11)5-9(12-4)7(3)10/h6,9H,5H2,1-4H3. The number of rotatable bonds is 5. The summed E-state index contributed by atoms with van der Waals surface area (Å²) >= 11 is 1.45. The smallest absolute Gasteiger partial charge is 0.143 e. The summed E-state index contributed by atoms with van der Waals surface area (Å²) in [4.78, 5) is 22.2. The molecule has 0 aromatic rings. The molecule has 70 valence electrons. The monoisotopic (exact) mass is 188 g/mol. The lowest BCUT2D eigenvalue weighted by Crippen LogP contribution is -2.20. The highest BCUT2D eigenvalue weighted by atomic mass is 32.2. The van der Waals surface area contributed by atoms with E-state index in [4.69, 9.17) is 0 Å². The maximum absolute atomic E-state index is 11.3. The third kappa shape index (κ3) is 3.90. The van der Waals surface area contributed by atoms with Crippen LogP contribution in [0.25, 0.3) is 0 Å². The number of ketones is 2. The molecule has 0 aliphatic carbocycles. The molecule has 1 atom stereocenters. The Labute approximate surface area is 78.1 Å². The highest BCUT2D eigenvalue weighted by Gasteiger charge is 2.18. The van der Waals surface area contributed by atoms with Crippen LogP contribution in [0, 0.1) is 5.92 Å². The zero-order valence-electron chi connectivity index (χ0n) is 8.09. The van der Waals surface area contributed by atoms with E-state index in [2.05, 4.69) is 0 Å². The van der Waals surface area contributed by atoms with E-state index in [1.165, 1.54) is 18.7 Å². The Morgan fingerprint density at radius 2 is 1.83 bits per heavy atom. The summed E-state index contributed by atoms with van der Waals surface area (Å²) in [6, 6.07) is 0. The molecule has 3 heteroatoms. The first kappa shape index (κ1) is 11.7. The van der Waals surface area contributed by atoms with E-state index in [1.807, 2.05) is 20.1 Å².